The molecule has 0 saturated carbocycles. The van der Waals surface area contributed by atoms with Crippen LogP contribution in [0.1, 0.15) is 16.0 Å². The second-order valence-corrected chi connectivity index (χ2v) is 5.25. The third kappa shape index (κ3) is 4.18. The first-order chi connectivity index (χ1) is 9.29. The molecule has 0 radical (unpaired) electrons. The smallest absolute Gasteiger partial charge is 0.104 e. The van der Waals surface area contributed by atoms with Crippen LogP contribution >= 0.6 is 11.3 Å². The minimum absolute atomic E-state index is 0.0951. The zero-order valence-corrected chi connectivity index (χ0v) is 11.7. The molecule has 0 unspecified atom stereocenters. The van der Waals surface area contributed by atoms with Gasteiger partial charge in [-0.05, 0) is 36.2 Å². The molecule has 19 heavy (non-hydrogen) atoms. The summed E-state index contributed by atoms with van der Waals surface area (Å²) in [5, 5.41) is 10.8. The minimum atomic E-state index is -0.0951. The van der Waals surface area contributed by atoms with Gasteiger partial charge in [0, 0.05) is 35.9 Å². The van der Waals surface area contributed by atoms with Crippen molar-refractivity contribution in [1.29, 1.82) is 0 Å². The lowest BCUT2D eigenvalue weighted by Gasteiger charge is -2.15. The number of aromatic nitrogens is 1. The number of aliphatic hydroxyl groups is 1. The first-order valence-electron chi connectivity index (χ1n) is 6.03. The molecule has 0 amide bonds. The second-order valence-electron chi connectivity index (χ2n) is 4.25. The molecule has 2 aromatic heterocycles. The first-order valence-corrected chi connectivity index (χ1v) is 6.91. The fourth-order valence-electron chi connectivity index (χ4n) is 1.81. The maximum atomic E-state index is 8.75. The highest BCUT2D eigenvalue weighted by Crippen LogP contribution is 2.18. The minimum Gasteiger partial charge on any atom is -0.384 e. The van der Waals surface area contributed by atoms with Gasteiger partial charge in [0.25, 0.3) is 0 Å². The van der Waals surface area contributed by atoms with Gasteiger partial charge in [-0.15, -0.1) is 11.3 Å². The highest BCUT2D eigenvalue weighted by Gasteiger charge is 2.06. The zero-order valence-electron chi connectivity index (χ0n) is 10.8. The van der Waals surface area contributed by atoms with E-state index in [-0.39, 0.29) is 6.61 Å². The van der Waals surface area contributed by atoms with Crippen molar-refractivity contribution >= 4 is 11.3 Å². The number of rotatable bonds is 4. The molecule has 2 rings (SSSR count). The molecule has 0 aliphatic rings. The number of thiophene rings is 1. The highest BCUT2D eigenvalue weighted by molar-refractivity contribution is 7.10. The van der Waals surface area contributed by atoms with Crippen LogP contribution in [-0.2, 0) is 13.1 Å². The quantitative estimate of drug-likeness (QED) is 0.866. The van der Waals surface area contributed by atoms with Crippen molar-refractivity contribution in [2.75, 3.05) is 13.7 Å². The van der Waals surface area contributed by atoms with E-state index in [9.17, 15) is 0 Å². The van der Waals surface area contributed by atoms with Crippen molar-refractivity contribution in [3.63, 3.8) is 0 Å². The molecular formula is C15H16N2OS. The largest absolute Gasteiger partial charge is 0.384 e. The summed E-state index contributed by atoms with van der Waals surface area (Å²) in [6, 6.07) is 6.05. The van der Waals surface area contributed by atoms with Gasteiger partial charge in [0.2, 0.25) is 0 Å². The molecule has 2 heterocycles. The number of pyridine rings is 1. The van der Waals surface area contributed by atoms with Crippen LogP contribution in [0.25, 0.3) is 0 Å². The van der Waals surface area contributed by atoms with Gasteiger partial charge in [-0.25, -0.2) is 0 Å². The molecule has 98 valence electrons. The number of hydrogen-bond donors (Lipinski definition) is 1. The van der Waals surface area contributed by atoms with E-state index in [0.717, 1.165) is 18.7 Å². The SMILES string of the molecule is CN(Cc1ccncc1)Cc1sccc1C#CCO. The number of nitrogens with zero attached hydrogens (tertiary/aromatic N) is 2. The molecule has 0 bridgehead atoms. The molecular weight excluding hydrogens is 256 g/mol. The number of hydrogen-bond acceptors (Lipinski definition) is 4. The predicted molar refractivity (Wildman–Crippen MR) is 77.7 cm³/mol. The Morgan fingerprint density at radius 2 is 2.05 bits per heavy atom. The Morgan fingerprint density at radius 1 is 1.26 bits per heavy atom. The maximum Gasteiger partial charge on any atom is 0.104 e. The van der Waals surface area contributed by atoms with Crippen LogP contribution in [0.3, 0.4) is 0 Å². The van der Waals surface area contributed by atoms with Crippen LogP contribution in [-0.4, -0.2) is 28.6 Å². The van der Waals surface area contributed by atoms with Crippen molar-refractivity contribution < 1.29 is 5.11 Å². The average Bonchev–Trinajstić information content (AvgIpc) is 2.84. The normalized spacial score (nSPS) is 10.3. The van der Waals surface area contributed by atoms with Crippen molar-refractivity contribution in [1.82, 2.24) is 9.88 Å². The van der Waals surface area contributed by atoms with E-state index in [0.29, 0.717) is 0 Å². The third-order valence-electron chi connectivity index (χ3n) is 2.66. The Hall–Kier alpha value is -1.67. The Bertz CT molecular complexity index is 569. The van der Waals surface area contributed by atoms with Crippen molar-refractivity contribution in [2.45, 2.75) is 13.1 Å². The summed E-state index contributed by atoms with van der Waals surface area (Å²) in [7, 11) is 2.09. The van der Waals surface area contributed by atoms with Crippen molar-refractivity contribution in [2.24, 2.45) is 0 Å². The van der Waals surface area contributed by atoms with Gasteiger partial charge in [0.15, 0.2) is 0 Å². The lowest BCUT2D eigenvalue weighted by molar-refractivity contribution is 0.321. The third-order valence-corrected chi connectivity index (χ3v) is 3.57. The fraction of sp³-hybridized carbons (Fsp3) is 0.267. The standard InChI is InChI=1S/C15H16N2OS/c1-17(11-13-4-7-16-8-5-13)12-15-14(3-2-9-18)6-10-19-15/h4-8,10,18H,9,11-12H2,1H3. The van der Waals surface area contributed by atoms with E-state index in [1.807, 2.05) is 36.0 Å². The van der Waals surface area contributed by atoms with Gasteiger partial charge >= 0.3 is 0 Å². The van der Waals surface area contributed by atoms with E-state index in [1.165, 1.54) is 10.4 Å². The summed E-state index contributed by atoms with van der Waals surface area (Å²) in [5.74, 6) is 5.69. The van der Waals surface area contributed by atoms with E-state index in [4.69, 9.17) is 5.11 Å². The van der Waals surface area contributed by atoms with E-state index in [2.05, 4.69) is 28.8 Å². The monoisotopic (exact) mass is 272 g/mol. The lowest BCUT2D eigenvalue weighted by Crippen LogP contribution is -2.17. The highest BCUT2D eigenvalue weighted by atomic mass is 32.1. The van der Waals surface area contributed by atoms with Gasteiger partial charge in [-0.1, -0.05) is 11.8 Å². The second kappa shape index (κ2) is 7.05. The van der Waals surface area contributed by atoms with E-state index < -0.39 is 0 Å². The summed E-state index contributed by atoms with van der Waals surface area (Å²) < 4.78 is 0. The summed E-state index contributed by atoms with van der Waals surface area (Å²) in [6.07, 6.45) is 3.62. The van der Waals surface area contributed by atoms with Crippen LogP contribution < -0.4 is 0 Å². The molecule has 0 saturated heterocycles. The van der Waals surface area contributed by atoms with Crippen molar-refractivity contribution in [3.8, 4) is 11.8 Å². The van der Waals surface area contributed by atoms with Crippen LogP contribution in [0.2, 0.25) is 0 Å². The topological polar surface area (TPSA) is 36.4 Å². The van der Waals surface area contributed by atoms with Gasteiger partial charge < -0.3 is 5.11 Å². The molecule has 0 atom stereocenters. The molecule has 0 spiro atoms. The lowest BCUT2D eigenvalue weighted by atomic mass is 10.2. The summed E-state index contributed by atoms with van der Waals surface area (Å²) in [6.45, 7) is 1.64. The van der Waals surface area contributed by atoms with Gasteiger partial charge in [-0.3, -0.25) is 9.88 Å². The summed E-state index contributed by atoms with van der Waals surface area (Å²) >= 11 is 1.70. The van der Waals surface area contributed by atoms with Crippen molar-refractivity contribution in [3.05, 3.63) is 52.0 Å². The van der Waals surface area contributed by atoms with Crippen LogP contribution in [0.5, 0.6) is 0 Å². The Balaban J connectivity index is 1.99. The number of aliphatic hydroxyl groups excluding tert-OH is 1. The molecule has 2 aromatic rings. The molecule has 1 N–H and O–H groups in total. The van der Waals surface area contributed by atoms with Crippen LogP contribution in [0, 0.1) is 11.8 Å². The predicted octanol–water partition coefficient (Wildman–Crippen LogP) is 2.12. The molecule has 0 aliphatic carbocycles. The maximum absolute atomic E-state index is 8.75. The average molecular weight is 272 g/mol. The Kier molecular flexibility index (Phi) is 5.10. The van der Waals surface area contributed by atoms with E-state index >= 15 is 0 Å². The first kappa shape index (κ1) is 13.8. The van der Waals surface area contributed by atoms with Gasteiger partial charge in [0.1, 0.15) is 6.61 Å². The molecule has 0 aliphatic heterocycles. The Morgan fingerprint density at radius 3 is 2.79 bits per heavy atom. The molecule has 0 fully saturated rings. The fourth-order valence-corrected chi connectivity index (χ4v) is 2.72. The molecule has 3 nitrogen and oxygen atoms in total. The molecule has 0 aromatic carbocycles. The van der Waals surface area contributed by atoms with Gasteiger partial charge in [0.05, 0.1) is 0 Å². The molecule has 4 heteroatoms. The Labute approximate surface area is 117 Å². The van der Waals surface area contributed by atoms with Crippen LogP contribution in [0.4, 0.5) is 0 Å². The van der Waals surface area contributed by atoms with Crippen LogP contribution in [0.15, 0.2) is 36.0 Å². The van der Waals surface area contributed by atoms with Gasteiger partial charge in [-0.2, -0.15) is 0 Å². The zero-order chi connectivity index (χ0) is 13.5. The van der Waals surface area contributed by atoms with E-state index in [1.54, 1.807) is 11.3 Å². The summed E-state index contributed by atoms with van der Waals surface area (Å²) in [5.41, 5.74) is 2.26. The summed E-state index contributed by atoms with van der Waals surface area (Å²) in [4.78, 5) is 7.49.